The Hall–Kier alpha value is -2.39. The van der Waals surface area contributed by atoms with E-state index in [1.165, 1.54) is 20.8 Å². The standard InChI is InChI=1S/C22H37N4O11P/c1-11(2)35-18(29)13(5)24-38(33,25-14(6)19(30)36-12(3)4)34-10-15-17(28)22(7,32)20(37-15)26-9-8-16(27)23-21(26)31/h8-9,11-15,17,20,28,32H,10H2,1-7H3,(H,23,27,31)(H2,24,25,33)/t13-,14-,15+,17+,20+,22+/m0/s1. The molecule has 5 N–H and O–H groups in total. The molecule has 0 amide bonds. The molecule has 16 heteroatoms. The zero-order chi connectivity index (χ0) is 29.0. The van der Waals surface area contributed by atoms with Crippen LogP contribution in [-0.4, -0.2) is 80.4 Å². The lowest BCUT2D eigenvalue weighted by Gasteiger charge is -2.28. The second-order valence-corrected chi connectivity index (χ2v) is 11.6. The summed E-state index contributed by atoms with van der Waals surface area (Å²) in [5, 5.41) is 26.6. The van der Waals surface area contributed by atoms with Crippen molar-refractivity contribution in [3.05, 3.63) is 33.1 Å². The average molecular weight is 565 g/mol. The number of aliphatic hydroxyl groups is 2. The number of carbonyl (C=O) groups is 2. The zero-order valence-electron chi connectivity index (χ0n) is 22.4. The fourth-order valence-electron chi connectivity index (χ4n) is 3.56. The van der Waals surface area contributed by atoms with Gasteiger partial charge in [-0.05, 0) is 48.5 Å². The maximum atomic E-state index is 13.7. The highest BCUT2D eigenvalue weighted by molar-refractivity contribution is 7.54. The van der Waals surface area contributed by atoms with Gasteiger partial charge in [-0.3, -0.25) is 28.5 Å². The van der Waals surface area contributed by atoms with Gasteiger partial charge in [0, 0.05) is 12.3 Å². The molecule has 0 aliphatic carbocycles. The molecular formula is C22H37N4O11P. The van der Waals surface area contributed by atoms with Gasteiger partial charge in [0.2, 0.25) is 0 Å². The minimum Gasteiger partial charge on any atom is -0.462 e. The predicted molar refractivity (Wildman–Crippen MR) is 133 cm³/mol. The van der Waals surface area contributed by atoms with E-state index in [-0.39, 0.29) is 0 Å². The van der Waals surface area contributed by atoms with Crippen LogP contribution >= 0.6 is 7.67 Å². The number of aromatic nitrogens is 2. The summed E-state index contributed by atoms with van der Waals surface area (Å²) in [6.45, 7) is 9.91. The zero-order valence-corrected chi connectivity index (χ0v) is 23.3. The number of nitrogens with zero attached hydrogens (tertiary/aromatic N) is 1. The average Bonchev–Trinajstić information content (AvgIpc) is 3.00. The Morgan fingerprint density at radius 3 is 2.05 bits per heavy atom. The summed E-state index contributed by atoms with van der Waals surface area (Å²) in [4.78, 5) is 50.3. The first-order chi connectivity index (χ1) is 17.5. The molecule has 0 aromatic carbocycles. The van der Waals surface area contributed by atoms with Gasteiger partial charge in [-0.15, -0.1) is 0 Å². The lowest BCUT2D eigenvalue weighted by molar-refractivity contribution is -0.149. The molecule has 0 radical (unpaired) electrons. The second-order valence-electron chi connectivity index (χ2n) is 9.74. The molecule has 38 heavy (non-hydrogen) atoms. The topological polar surface area (TPSA) is 208 Å². The molecule has 2 heterocycles. The van der Waals surface area contributed by atoms with E-state index >= 15 is 0 Å². The van der Waals surface area contributed by atoms with Crippen LogP contribution in [0, 0.1) is 0 Å². The van der Waals surface area contributed by atoms with Gasteiger partial charge in [-0.25, -0.2) is 15.0 Å². The normalized spacial score (nSPS) is 25.4. The van der Waals surface area contributed by atoms with Crippen molar-refractivity contribution in [1.82, 2.24) is 19.7 Å². The monoisotopic (exact) mass is 564 g/mol. The molecule has 1 aromatic rings. The molecule has 0 unspecified atom stereocenters. The van der Waals surface area contributed by atoms with Crippen LogP contribution in [0.3, 0.4) is 0 Å². The molecule has 2 rings (SSSR count). The highest BCUT2D eigenvalue weighted by Gasteiger charge is 2.54. The van der Waals surface area contributed by atoms with Crippen molar-refractivity contribution in [2.75, 3.05) is 6.61 Å². The van der Waals surface area contributed by atoms with E-state index in [1.807, 2.05) is 4.98 Å². The SMILES string of the molecule is CC(C)OC(=O)[C@H](C)NP(=O)(N[C@@H](C)C(=O)OC(C)C)OC[C@H]1O[C@@H](n2ccc(=O)[nH]c2=O)[C@](C)(O)[C@@H]1O. The Balaban J connectivity index is 2.25. The van der Waals surface area contributed by atoms with Gasteiger partial charge in [0.1, 0.15) is 29.9 Å². The number of ether oxygens (including phenoxy) is 3. The summed E-state index contributed by atoms with van der Waals surface area (Å²) in [6, 6.07) is -1.25. The van der Waals surface area contributed by atoms with Crippen LogP contribution in [0.1, 0.15) is 54.7 Å². The molecule has 0 spiro atoms. The largest absolute Gasteiger partial charge is 0.462 e. The van der Waals surface area contributed by atoms with Crippen molar-refractivity contribution in [1.29, 1.82) is 0 Å². The van der Waals surface area contributed by atoms with E-state index < -0.39 is 85.8 Å². The molecule has 1 fully saturated rings. The number of esters is 2. The van der Waals surface area contributed by atoms with Crippen molar-refractivity contribution >= 4 is 19.6 Å². The van der Waals surface area contributed by atoms with Crippen molar-refractivity contribution in [2.24, 2.45) is 0 Å². The Morgan fingerprint density at radius 2 is 1.61 bits per heavy atom. The number of aromatic amines is 1. The number of H-pyrrole nitrogens is 1. The van der Waals surface area contributed by atoms with E-state index in [0.717, 1.165) is 16.8 Å². The summed E-state index contributed by atoms with van der Waals surface area (Å²) in [5.74, 6) is -1.47. The third-order valence-corrected chi connectivity index (χ3v) is 7.38. The summed E-state index contributed by atoms with van der Waals surface area (Å²) in [6.07, 6.45) is -4.19. The van der Waals surface area contributed by atoms with E-state index in [0.29, 0.717) is 0 Å². The molecule has 15 nitrogen and oxygen atoms in total. The first-order valence-corrected chi connectivity index (χ1v) is 13.7. The molecule has 1 saturated heterocycles. The van der Waals surface area contributed by atoms with Gasteiger partial charge in [0.05, 0.1) is 18.8 Å². The minimum absolute atomic E-state index is 0.447. The van der Waals surface area contributed by atoms with E-state index in [4.69, 9.17) is 18.7 Å². The van der Waals surface area contributed by atoms with Gasteiger partial charge in [-0.1, -0.05) is 0 Å². The fourth-order valence-corrected chi connectivity index (χ4v) is 5.38. The number of hydrogen-bond acceptors (Lipinski definition) is 11. The lowest BCUT2D eigenvalue weighted by Crippen LogP contribution is -2.47. The fraction of sp³-hybridized carbons (Fsp3) is 0.727. The number of hydrogen-bond donors (Lipinski definition) is 5. The molecule has 216 valence electrons. The third kappa shape index (κ3) is 8.06. The van der Waals surface area contributed by atoms with Gasteiger partial charge in [0.15, 0.2) is 6.23 Å². The predicted octanol–water partition coefficient (Wildman–Crippen LogP) is -0.470. The van der Waals surface area contributed by atoms with Gasteiger partial charge in [-0.2, -0.15) is 0 Å². The smallest absolute Gasteiger partial charge is 0.342 e. The molecule has 0 saturated carbocycles. The number of nitrogens with one attached hydrogen (secondary N) is 3. The second kappa shape index (κ2) is 12.6. The van der Waals surface area contributed by atoms with Gasteiger partial charge < -0.3 is 28.9 Å². The van der Waals surface area contributed by atoms with Crippen LogP contribution in [0.15, 0.2) is 21.9 Å². The van der Waals surface area contributed by atoms with Crippen LogP contribution in [0.2, 0.25) is 0 Å². The number of rotatable bonds is 12. The molecule has 6 atom stereocenters. The maximum Gasteiger partial charge on any atom is 0.342 e. The third-order valence-electron chi connectivity index (χ3n) is 5.42. The Morgan fingerprint density at radius 1 is 1.11 bits per heavy atom. The molecule has 0 bridgehead atoms. The van der Waals surface area contributed by atoms with E-state index in [1.54, 1.807) is 27.7 Å². The molecule has 1 aromatic heterocycles. The van der Waals surface area contributed by atoms with Crippen LogP contribution in [-0.2, 0) is 32.9 Å². The van der Waals surface area contributed by atoms with Crippen molar-refractivity contribution in [3.63, 3.8) is 0 Å². The van der Waals surface area contributed by atoms with Crippen molar-refractivity contribution < 1.29 is 43.1 Å². The summed E-state index contributed by atoms with van der Waals surface area (Å²) in [7, 11) is -4.25. The maximum absolute atomic E-state index is 13.7. The van der Waals surface area contributed by atoms with Crippen LogP contribution < -0.4 is 21.4 Å². The Kier molecular flexibility index (Phi) is 10.6. The van der Waals surface area contributed by atoms with Crippen LogP contribution in [0.25, 0.3) is 0 Å². The highest BCUT2D eigenvalue weighted by Crippen LogP contribution is 2.43. The van der Waals surface area contributed by atoms with E-state index in [9.17, 15) is 34.0 Å². The summed E-state index contributed by atoms with van der Waals surface area (Å²) in [5.41, 5.74) is -3.58. The molecule has 1 aliphatic rings. The van der Waals surface area contributed by atoms with Crippen LogP contribution in [0.5, 0.6) is 0 Å². The first-order valence-electron chi connectivity index (χ1n) is 12.1. The van der Waals surface area contributed by atoms with Gasteiger partial charge >= 0.3 is 25.3 Å². The number of carbonyl (C=O) groups excluding carboxylic acids is 2. The van der Waals surface area contributed by atoms with E-state index in [2.05, 4.69) is 10.2 Å². The summed E-state index contributed by atoms with van der Waals surface area (Å²) >= 11 is 0. The number of aliphatic hydroxyl groups excluding tert-OH is 1. The van der Waals surface area contributed by atoms with Crippen molar-refractivity contribution in [2.45, 2.75) is 96.8 Å². The summed E-state index contributed by atoms with van der Waals surface area (Å²) < 4.78 is 36.0. The lowest BCUT2D eigenvalue weighted by atomic mass is 9.96. The highest BCUT2D eigenvalue weighted by atomic mass is 31.2. The van der Waals surface area contributed by atoms with Crippen molar-refractivity contribution in [3.8, 4) is 0 Å². The van der Waals surface area contributed by atoms with Gasteiger partial charge in [0.25, 0.3) is 5.56 Å². The molecular weight excluding hydrogens is 527 g/mol. The molecule has 1 aliphatic heterocycles. The quantitative estimate of drug-likeness (QED) is 0.161. The Bertz CT molecular complexity index is 1110. The minimum atomic E-state index is -4.25. The first kappa shape index (κ1) is 31.8. The van der Waals surface area contributed by atoms with Crippen LogP contribution in [0.4, 0.5) is 0 Å². The Labute approximate surface area is 219 Å².